The van der Waals surface area contributed by atoms with Crippen molar-refractivity contribution in [2.24, 2.45) is 0 Å². The van der Waals surface area contributed by atoms with Gasteiger partial charge in [-0.05, 0) is 103 Å². The second kappa shape index (κ2) is 64.2. The first-order valence-corrected chi connectivity index (χ1v) is 36.1. The monoisotopic (exact) mass is 1190 g/mol. The number of hydrogen-bond acceptors (Lipinski definition) is 8. The molecule has 10 heteroatoms. The second-order valence-corrected chi connectivity index (χ2v) is 25.6. The smallest absolute Gasteiger partial charge is 0.306 e. The molecule has 0 saturated heterocycles. The van der Waals surface area contributed by atoms with Crippen molar-refractivity contribution in [2.45, 2.75) is 302 Å². The first-order valence-electron chi connectivity index (χ1n) is 34.6. The number of unbranched alkanes of at least 4 members (excludes halogenated alkanes) is 31. The summed E-state index contributed by atoms with van der Waals surface area (Å²) in [5.41, 5.74) is 0. The predicted octanol–water partition coefficient (Wildman–Crippen LogP) is 21.9. The van der Waals surface area contributed by atoms with Gasteiger partial charge in [-0.2, -0.15) is 0 Å². The summed E-state index contributed by atoms with van der Waals surface area (Å²) in [6, 6.07) is 0. The van der Waals surface area contributed by atoms with Gasteiger partial charge in [0.15, 0.2) is 6.10 Å². The Balaban J connectivity index is 4.12. The topological polar surface area (TPSA) is 111 Å². The van der Waals surface area contributed by atoms with Crippen LogP contribution in [0.3, 0.4) is 0 Å². The molecule has 0 spiro atoms. The lowest BCUT2D eigenvalue weighted by Gasteiger charge is -2.28. The number of likely N-dealkylation sites (N-methyl/N-ethyl adjacent to an activating group) is 1. The number of phosphoric acid groups is 1. The minimum Gasteiger partial charge on any atom is -0.756 e. The van der Waals surface area contributed by atoms with E-state index >= 15 is 0 Å². The Morgan fingerprint density at radius 3 is 1.02 bits per heavy atom. The Labute approximate surface area is 518 Å². The van der Waals surface area contributed by atoms with Crippen molar-refractivity contribution in [2.75, 3.05) is 47.5 Å². The van der Waals surface area contributed by atoms with Gasteiger partial charge in [0.25, 0.3) is 7.82 Å². The van der Waals surface area contributed by atoms with Gasteiger partial charge in [0.05, 0.1) is 27.7 Å². The fraction of sp³-hybridized carbons (Fsp3) is 0.730. The second-order valence-electron chi connectivity index (χ2n) is 24.2. The number of esters is 2. The molecule has 0 aliphatic heterocycles. The highest BCUT2D eigenvalue weighted by atomic mass is 31.2. The fourth-order valence-corrected chi connectivity index (χ4v) is 10.2. The van der Waals surface area contributed by atoms with Crippen LogP contribution in [0.2, 0.25) is 0 Å². The highest BCUT2D eigenvalue weighted by molar-refractivity contribution is 7.45. The molecular weight excluding hydrogens is 1060 g/mol. The van der Waals surface area contributed by atoms with Gasteiger partial charge in [-0.3, -0.25) is 14.2 Å². The minimum atomic E-state index is -4.65. The number of nitrogens with zero attached hydrogens (tertiary/aromatic N) is 1. The predicted molar refractivity (Wildman–Crippen MR) is 360 cm³/mol. The molecule has 0 N–H and O–H groups in total. The Hall–Kier alpha value is -3.33. The molecule has 0 fully saturated rings. The number of carbonyl (C=O) groups excluding carboxylic acids is 2. The van der Waals surface area contributed by atoms with Crippen LogP contribution in [0, 0.1) is 0 Å². The van der Waals surface area contributed by atoms with E-state index in [1.54, 1.807) is 0 Å². The van der Waals surface area contributed by atoms with Crippen molar-refractivity contribution in [1.29, 1.82) is 0 Å². The third kappa shape index (κ3) is 67.8. The minimum absolute atomic E-state index is 0.0383. The van der Waals surface area contributed by atoms with Gasteiger partial charge in [-0.1, -0.05) is 290 Å². The molecule has 0 bridgehead atoms. The van der Waals surface area contributed by atoms with Gasteiger partial charge < -0.3 is 27.9 Å². The number of ether oxygens (including phenoxy) is 2. The van der Waals surface area contributed by atoms with Crippen LogP contribution in [0.5, 0.6) is 0 Å². The average Bonchev–Trinajstić information content (AvgIpc) is 3.61. The SMILES string of the molecule is CC/C=C\C/C=C\C/C=C\C/C=C\C/C=C\C/C=C\C/C=C\C/C=C\CCCCCCCCC(=O)OC(COC(=O)CCCCCCCCCCCCCCCCCCC/C=C\CCCCCCCCCC)COP(=O)([O-])OCC[N+](C)(C)C. The summed E-state index contributed by atoms with van der Waals surface area (Å²) in [5.74, 6) is -0.847. The van der Waals surface area contributed by atoms with Crippen molar-refractivity contribution in [3.63, 3.8) is 0 Å². The zero-order valence-corrected chi connectivity index (χ0v) is 56.0. The Morgan fingerprint density at radius 2 is 0.679 bits per heavy atom. The molecule has 0 aromatic rings. The van der Waals surface area contributed by atoms with Gasteiger partial charge in [-0.15, -0.1) is 0 Å². The van der Waals surface area contributed by atoms with E-state index in [1.165, 1.54) is 154 Å². The van der Waals surface area contributed by atoms with Crippen LogP contribution in [0.25, 0.3) is 0 Å². The lowest BCUT2D eigenvalue weighted by atomic mass is 10.0. The Morgan fingerprint density at radius 1 is 0.381 bits per heavy atom. The van der Waals surface area contributed by atoms with Gasteiger partial charge in [0.1, 0.15) is 19.8 Å². The summed E-state index contributed by atoms with van der Waals surface area (Å²) in [4.78, 5) is 38.1. The molecule has 0 radical (unpaired) electrons. The zero-order valence-electron chi connectivity index (χ0n) is 55.1. The largest absolute Gasteiger partial charge is 0.756 e. The van der Waals surface area contributed by atoms with E-state index in [4.69, 9.17) is 18.5 Å². The maximum absolute atomic E-state index is 12.9. The Bertz CT molecular complexity index is 1790. The Kier molecular flexibility index (Phi) is 61.6. The molecule has 9 nitrogen and oxygen atoms in total. The van der Waals surface area contributed by atoms with Crippen molar-refractivity contribution in [3.05, 3.63) is 109 Å². The first kappa shape index (κ1) is 80.7. The maximum Gasteiger partial charge on any atom is 0.306 e. The number of allylic oxidation sites excluding steroid dienone is 18. The highest BCUT2D eigenvalue weighted by Crippen LogP contribution is 2.38. The molecule has 0 saturated carbocycles. The van der Waals surface area contributed by atoms with Crippen molar-refractivity contribution in [3.8, 4) is 0 Å². The number of hydrogen-bond donors (Lipinski definition) is 0. The first-order chi connectivity index (χ1) is 41.0. The van der Waals surface area contributed by atoms with Crippen LogP contribution in [0.1, 0.15) is 296 Å². The van der Waals surface area contributed by atoms with Crippen molar-refractivity contribution in [1.82, 2.24) is 0 Å². The van der Waals surface area contributed by atoms with Crippen LogP contribution in [0.15, 0.2) is 109 Å². The molecule has 0 aliphatic carbocycles. The number of phosphoric ester groups is 1. The van der Waals surface area contributed by atoms with Crippen LogP contribution in [-0.4, -0.2) is 70.0 Å². The van der Waals surface area contributed by atoms with Crippen LogP contribution < -0.4 is 4.89 Å². The molecule has 2 atom stereocenters. The number of carbonyl (C=O) groups is 2. The summed E-state index contributed by atoms with van der Waals surface area (Å²) in [5, 5.41) is 0. The van der Waals surface area contributed by atoms with Crippen molar-refractivity contribution >= 4 is 19.8 Å². The molecule has 0 aliphatic rings. The third-order valence-electron chi connectivity index (χ3n) is 14.8. The van der Waals surface area contributed by atoms with E-state index in [0.29, 0.717) is 17.4 Å². The summed E-state index contributed by atoms with van der Waals surface area (Å²) < 4.78 is 34.3. The van der Waals surface area contributed by atoms with E-state index in [0.717, 1.165) is 109 Å². The summed E-state index contributed by atoms with van der Waals surface area (Å²) in [6.07, 6.45) is 90.2. The lowest BCUT2D eigenvalue weighted by molar-refractivity contribution is -0.870. The lowest BCUT2D eigenvalue weighted by Crippen LogP contribution is -2.37. The van der Waals surface area contributed by atoms with Crippen LogP contribution in [0.4, 0.5) is 0 Å². The van der Waals surface area contributed by atoms with E-state index in [1.807, 2.05) is 21.1 Å². The maximum atomic E-state index is 12.9. The quantitative estimate of drug-likeness (QED) is 0.0195. The van der Waals surface area contributed by atoms with Gasteiger partial charge in [-0.25, -0.2) is 0 Å². The molecule has 0 amide bonds. The van der Waals surface area contributed by atoms with E-state index in [2.05, 4.69) is 123 Å². The van der Waals surface area contributed by atoms with E-state index in [9.17, 15) is 19.0 Å². The van der Waals surface area contributed by atoms with E-state index in [-0.39, 0.29) is 32.0 Å². The van der Waals surface area contributed by atoms with Gasteiger partial charge in [0.2, 0.25) is 0 Å². The standard InChI is InChI=1S/C74H130NO8P/c1-6-8-10-12-14-16-18-20-22-24-26-28-30-32-34-36-37-39-41-43-45-47-49-51-53-55-57-59-61-63-65-67-74(77)83-72(71-82-84(78,79)81-69-68-75(3,4)5)70-80-73(76)66-64-62-60-58-56-54-52-50-48-46-44-42-40-38-35-33-31-29-27-25-23-21-19-17-15-13-11-9-7-2/h8,10,14,16,20,22,25-28,32,34,37,39,43,45,49,51,72H,6-7,9,11-13,15,17-19,21,23-24,29-31,33,35-36,38,40-42,44,46-48,50,52-71H2,1-5H3/b10-8-,16-14-,22-20-,27-25-,28-26-,34-32-,39-37-,45-43-,51-49-. The molecule has 0 aromatic heterocycles. The molecule has 84 heavy (non-hydrogen) atoms. The summed E-state index contributed by atoms with van der Waals surface area (Å²) in [6.45, 7) is 4.13. The summed E-state index contributed by atoms with van der Waals surface area (Å²) >= 11 is 0. The average molecular weight is 1190 g/mol. The van der Waals surface area contributed by atoms with Gasteiger partial charge >= 0.3 is 11.9 Å². The molecule has 0 heterocycles. The molecule has 484 valence electrons. The zero-order chi connectivity index (χ0) is 61.2. The van der Waals surface area contributed by atoms with Gasteiger partial charge in [0, 0.05) is 12.8 Å². The number of quaternary nitrogens is 1. The molecule has 0 aromatic carbocycles. The van der Waals surface area contributed by atoms with Crippen LogP contribution in [-0.2, 0) is 32.7 Å². The van der Waals surface area contributed by atoms with E-state index < -0.39 is 26.5 Å². The highest BCUT2D eigenvalue weighted by Gasteiger charge is 2.22. The normalized spacial score (nSPS) is 13.8. The fourth-order valence-electron chi connectivity index (χ4n) is 9.49. The molecule has 0 rings (SSSR count). The molecular formula is C74H130NO8P. The van der Waals surface area contributed by atoms with Crippen LogP contribution >= 0.6 is 7.82 Å². The van der Waals surface area contributed by atoms with Crippen molar-refractivity contribution < 1.29 is 42.1 Å². The summed E-state index contributed by atoms with van der Waals surface area (Å²) in [7, 11) is 1.15. The third-order valence-corrected chi connectivity index (χ3v) is 15.7. The number of rotatable bonds is 63. The molecule has 2 unspecified atom stereocenters.